The zero-order chi connectivity index (χ0) is 10.8. The number of rotatable bonds is 2. The summed E-state index contributed by atoms with van der Waals surface area (Å²) in [6, 6.07) is 3.42. The van der Waals surface area contributed by atoms with Crippen molar-refractivity contribution in [2.24, 2.45) is 5.73 Å². The van der Waals surface area contributed by atoms with Crippen molar-refractivity contribution in [1.82, 2.24) is 9.97 Å². The van der Waals surface area contributed by atoms with Gasteiger partial charge in [0.05, 0.1) is 16.1 Å². The summed E-state index contributed by atoms with van der Waals surface area (Å²) in [5, 5.41) is 1.69. The Balaban J connectivity index is 2.41. The van der Waals surface area contributed by atoms with Crippen molar-refractivity contribution in [3.63, 3.8) is 0 Å². The van der Waals surface area contributed by atoms with Gasteiger partial charge >= 0.3 is 0 Å². The second-order valence-electron chi connectivity index (χ2n) is 2.86. The van der Waals surface area contributed by atoms with Gasteiger partial charge in [0.2, 0.25) is 11.9 Å². The van der Waals surface area contributed by atoms with Crippen molar-refractivity contribution < 1.29 is 4.79 Å². The molecular formula is C9H8N4OS. The third kappa shape index (κ3) is 1.94. The Morgan fingerprint density at radius 1 is 1.47 bits per heavy atom. The van der Waals surface area contributed by atoms with Gasteiger partial charge < -0.3 is 11.5 Å². The minimum absolute atomic E-state index is 0.210. The topological polar surface area (TPSA) is 94.9 Å². The lowest BCUT2D eigenvalue weighted by Gasteiger charge is -1.95. The maximum atomic E-state index is 10.9. The van der Waals surface area contributed by atoms with Crippen LogP contribution in [0, 0.1) is 0 Å². The predicted molar refractivity (Wildman–Crippen MR) is 58.3 cm³/mol. The molecule has 2 heterocycles. The normalized spacial score (nSPS) is 10.1. The van der Waals surface area contributed by atoms with Gasteiger partial charge in [-0.05, 0) is 12.1 Å². The third-order valence-electron chi connectivity index (χ3n) is 1.81. The molecule has 2 aromatic rings. The highest BCUT2D eigenvalue weighted by atomic mass is 32.1. The van der Waals surface area contributed by atoms with E-state index >= 15 is 0 Å². The van der Waals surface area contributed by atoms with Crippen LogP contribution in [0.3, 0.4) is 0 Å². The van der Waals surface area contributed by atoms with Gasteiger partial charge in [-0.3, -0.25) is 4.79 Å². The lowest BCUT2D eigenvalue weighted by Crippen LogP contribution is -2.09. The number of aromatic nitrogens is 2. The highest BCUT2D eigenvalue weighted by Gasteiger charge is 2.07. The molecule has 15 heavy (non-hydrogen) atoms. The summed E-state index contributed by atoms with van der Waals surface area (Å²) >= 11 is 1.39. The van der Waals surface area contributed by atoms with Crippen molar-refractivity contribution in [1.29, 1.82) is 0 Å². The number of nitrogen functional groups attached to an aromatic ring is 1. The highest BCUT2D eigenvalue weighted by molar-refractivity contribution is 7.13. The minimum atomic E-state index is -0.445. The molecule has 0 aliphatic carbocycles. The van der Waals surface area contributed by atoms with Crippen LogP contribution in [0.1, 0.15) is 10.4 Å². The van der Waals surface area contributed by atoms with Gasteiger partial charge in [0, 0.05) is 11.6 Å². The molecule has 0 saturated carbocycles. The number of carbonyl (C=O) groups excluding carboxylic acids is 1. The Hall–Kier alpha value is -1.95. The Labute approximate surface area is 89.8 Å². The lowest BCUT2D eigenvalue weighted by atomic mass is 10.2. The van der Waals surface area contributed by atoms with Crippen LogP contribution in [0.2, 0.25) is 0 Å². The molecule has 2 aromatic heterocycles. The molecule has 76 valence electrons. The van der Waals surface area contributed by atoms with Crippen molar-refractivity contribution in [2.75, 3.05) is 5.73 Å². The van der Waals surface area contributed by atoms with Crippen LogP contribution in [-0.4, -0.2) is 15.9 Å². The summed E-state index contributed by atoms with van der Waals surface area (Å²) in [6.45, 7) is 0. The summed E-state index contributed by atoms with van der Waals surface area (Å²) in [5.74, 6) is -0.235. The second-order valence-corrected chi connectivity index (χ2v) is 3.78. The quantitative estimate of drug-likeness (QED) is 0.785. The molecule has 0 fully saturated rings. The smallest absolute Gasteiger partial charge is 0.249 e. The van der Waals surface area contributed by atoms with Crippen molar-refractivity contribution in [3.8, 4) is 10.6 Å². The van der Waals surface area contributed by atoms with Crippen LogP contribution in [-0.2, 0) is 0 Å². The number of nitrogens with zero attached hydrogens (tertiary/aromatic N) is 2. The average molecular weight is 220 g/mol. The zero-order valence-corrected chi connectivity index (χ0v) is 8.49. The number of amides is 1. The molecule has 0 spiro atoms. The van der Waals surface area contributed by atoms with Gasteiger partial charge in [-0.25, -0.2) is 9.97 Å². The first kappa shape index (κ1) is 9.60. The summed E-state index contributed by atoms with van der Waals surface area (Å²) < 4.78 is 0. The van der Waals surface area contributed by atoms with Crippen LogP contribution >= 0.6 is 11.3 Å². The fraction of sp³-hybridized carbons (Fsp3) is 0. The molecule has 0 aliphatic rings. The van der Waals surface area contributed by atoms with E-state index in [0.717, 1.165) is 4.88 Å². The fourth-order valence-electron chi connectivity index (χ4n) is 1.11. The summed E-state index contributed by atoms with van der Waals surface area (Å²) in [6.07, 6.45) is 1.57. The van der Waals surface area contributed by atoms with E-state index < -0.39 is 5.91 Å². The molecule has 5 nitrogen and oxygen atoms in total. The van der Waals surface area contributed by atoms with Crippen LogP contribution < -0.4 is 11.5 Å². The summed E-state index contributed by atoms with van der Waals surface area (Å²) in [4.78, 5) is 19.6. The van der Waals surface area contributed by atoms with E-state index in [2.05, 4.69) is 9.97 Å². The molecule has 0 aromatic carbocycles. The molecule has 0 atom stereocenters. The molecule has 6 heteroatoms. The van der Waals surface area contributed by atoms with E-state index in [4.69, 9.17) is 11.5 Å². The maximum absolute atomic E-state index is 10.9. The lowest BCUT2D eigenvalue weighted by molar-refractivity contribution is 0.100. The van der Waals surface area contributed by atoms with Gasteiger partial charge in [-0.2, -0.15) is 0 Å². The molecule has 0 aliphatic heterocycles. The molecular weight excluding hydrogens is 212 g/mol. The van der Waals surface area contributed by atoms with Gasteiger partial charge in [0.25, 0.3) is 0 Å². The van der Waals surface area contributed by atoms with Crippen molar-refractivity contribution in [3.05, 3.63) is 29.3 Å². The van der Waals surface area contributed by atoms with Crippen LogP contribution in [0.25, 0.3) is 10.6 Å². The molecule has 0 saturated heterocycles. The largest absolute Gasteiger partial charge is 0.368 e. The van der Waals surface area contributed by atoms with Crippen LogP contribution in [0.4, 0.5) is 5.95 Å². The first-order valence-electron chi connectivity index (χ1n) is 4.14. The predicted octanol–water partition coefficient (Wildman–Crippen LogP) is 0.886. The van der Waals surface area contributed by atoms with E-state index in [1.54, 1.807) is 23.7 Å². The molecule has 0 unspecified atom stereocenters. The second kappa shape index (κ2) is 3.66. The van der Waals surface area contributed by atoms with E-state index in [-0.39, 0.29) is 5.95 Å². The summed E-state index contributed by atoms with van der Waals surface area (Å²) in [5.41, 5.74) is 11.8. The number of hydrogen-bond donors (Lipinski definition) is 2. The fourth-order valence-corrected chi connectivity index (χ4v) is 1.98. The van der Waals surface area contributed by atoms with E-state index in [1.165, 1.54) is 11.3 Å². The average Bonchev–Trinajstić information content (AvgIpc) is 2.66. The maximum Gasteiger partial charge on any atom is 0.249 e. The molecule has 0 bridgehead atoms. The highest BCUT2D eigenvalue weighted by Crippen LogP contribution is 2.25. The Kier molecular flexibility index (Phi) is 2.34. The monoisotopic (exact) mass is 220 g/mol. The minimum Gasteiger partial charge on any atom is -0.368 e. The Bertz CT molecular complexity index is 508. The molecule has 2 rings (SSSR count). The number of nitrogens with two attached hydrogens (primary N) is 2. The van der Waals surface area contributed by atoms with Crippen LogP contribution in [0.15, 0.2) is 23.7 Å². The molecule has 4 N–H and O–H groups in total. The molecule has 1 amide bonds. The standard InChI is InChI=1S/C9H8N4OS/c10-8(14)5-3-7(15-4-5)6-1-2-12-9(11)13-6/h1-4H,(H2,10,14)(H2,11,12,13). The number of anilines is 1. The molecule has 0 radical (unpaired) electrons. The number of carbonyl (C=O) groups is 1. The Morgan fingerprint density at radius 3 is 2.87 bits per heavy atom. The Morgan fingerprint density at radius 2 is 2.27 bits per heavy atom. The van der Waals surface area contributed by atoms with Crippen molar-refractivity contribution >= 4 is 23.2 Å². The SMILES string of the molecule is NC(=O)c1csc(-c2ccnc(N)n2)c1. The number of primary amides is 1. The van der Waals surface area contributed by atoms with Crippen molar-refractivity contribution in [2.45, 2.75) is 0 Å². The zero-order valence-electron chi connectivity index (χ0n) is 7.68. The van der Waals surface area contributed by atoms with Crippen LogP contribution in [0.5, 0.6) is 0 Å². The van der Waals surface area contributed by atoms with E-state index in [0.29, 0.717) is 11.3 Å². The summed E-state index contributed by atoms with van der Waals surface area (Å²) in [7, 11) is 0. The van der Waals surface area contributed by atoms with Gasteiger partial charge in [-0.1, -0.05) is 0 Å². The number of thiophene rings is 1. The van der Waals surface area contributed by atoms with E-state index in [1.807, 2.05) is 0 Å². The van der Waals surface area contributed by atoms with E-state index in [9.17, 15) is 4.79 Å². The van der Waals surface area contributed by atoms with Gasteiger partial charge in [0.15, 0.2) is 0 Å². The number of hydrogen-bond acceptors (Lipinski definition) is 5. The first-order chi connectivity index (χ1) is 7.16. The third-order valence-corrected chi connectivity index (χ3v) is 2.76. The first-order valence-corrected chi connectivity index (χ1v) is 5.02. The van der Waals surface area contributed by atoms with Gasteiger partial charge in [-0.15, -0.1) is 11.3 Å². The van der Waals surface area contributed by atoms with Gasteiger partial charge in [0.1, 0.15) is 0 Å².